The number of H-pyrrole nitrogens is 1. The first-order valence-corrected chi connectivity index (χ1v) is 4.19. The predicted octanol–water partition coefficient (Wildman–Crippen LogP) is 0.712. The van der Waals surface area contributed by atoms with E-state index in [1.54, 1.807) is 6.08 Å². The van der Waals surface area contributed by atoms with Gasteiger partial charge >= 0.3 is 4.87 Å². The van der Waals surface area contributed by atoms with Crippen LogP contribution in [0.25, 0.3) is 0 Å². The first-order valence-electron chi connectivity index (χ1n) is 3.31. The first-order chi connectivity index (χ1) is 5.33. The van der Waals surface area contributed by atoms with E-state index in [1.807, 2.05) is 5.38 Å². The van der Waals surface area contributed by atoms with Gasteiger partial charge in [-0.1, -0.05) is 17.4 Å². The highest BCUT2D eigenvalue weighted by Gasteiger charge is 1.93. The van der Waals surface area contributed by atoms with Gasteiger partial charge < -0.3 is 10.3 Å². The van der Waals surface area contributed by atoms with Crippen molar-refractivity contribution in [3.05, 3.63) is 33.4 Å². The molecule has 1 aromatic heterocycles. The molecule has 0 aliphatic carbocycles. The Kier molecular flexibility index (Phi) is 3.07. The highest BCUT2D eigenvalue weighted by atomic mass is 32.1. The van der Waals surface area contributed by atoms with Crippen LogP contribution in [-0.2, 0) is 6.54 Å². The highest BCUT2D eigenvalue weighted by Crippen LogP contribution is 1.93. The van der Waals surface area contributed by atoms with Gasteiger partial charge in [-0.05, 0) is 0 Å². The van der Waals surface area contributed by atoms with Crippen molar-refractivity contribution >= 4 is 11.3 Å². The Morgan fingerprint density at radius 1 is 1.82 bits per heavy atom. The Morgan fingerprint density at radius 2 is 2.64 bits per heavy atom. The molecule has 3 nitrogen and oxygen atoms in total. The lowest BCUT2D eigenvalue weighted by Crippen LogP contribution is -2.13. The molecule has 0 aromatic carbocycles. The Hall–Kier alpha value is -0.870. The van der Waals surface area contributed by atoms with Crippen LogP contribution in [0.4, 0.5) is 0 Å². The molecule has 0 saturated carbocycles. The normalized spacial score (nSPS) is 9.82. The Bertz CT molecular complexity index is 276. The molecule has 0 aliphatic heterocycles. The van der Waals surface area contributed by atoms with Crippen LogP contribution in [-0.4, -0.2) is 11.5 Å². The van der Waals surface area contributed by atoms with E-state index >= 15 is 0 Å². The van der Waals surface area contributed by atoms with E-state index in [2.05, 4.69) is 16.9 Å². The third kappa shape index (κ3) is 2.69. The molecule has 11 heavy (non-hydrogen) atoms. The minimum atomic E-state index is 0.000373. The summed E-state index contributed by atoms with van der Waals surface area (Å²) in [6.07, 6.45) is 1.78. The zero-order valence-corrected chi connectivity index (χ0v) is 6.91. The van der Waals surface area contributed by atoms with E-state index in [0.29, 0.717) is 6.54 Å². The van der Waals surface area contributed by atoms with E-state index in [1.165, 1.54) is 11.3 Å². The lowest BCUT2D eigenvalue weighted by atomic mass is 10.5. The number of hydrogen-bond donors (Lipinski definition) is 2. The molecule has 2 N–H and O–H groups in total. The maximum absolute atomic E-state index is 10.6. The van der Waals surface area contributed by atoms with Crippen LogP contribution in [0.15, 0.2) is 22.8 Å². The standard InChI is InChI=1S/C7H10N2OS/c1-2-3-8-4-6-5-11-7(10)9-6/h2,5,8H,1,3-4H2,(H,9,10). The lowest BCUT2D eigenvalue weighted by Gasteiger charge is -1.95. The zero-order valence-electron chi connectivity index (χ0n) is 6.09. The molecule has 0 unspecified atom stereocenters. The first kappa shape index (κ1) is 8.23. The van der Waals surface area contributed by atoms with Crippen molar-refractivity contribution < 1.29 is 0 Å². The van der Waals surface area contributed by atoms with Crippen molar-refractivity contribution in [3.63, 3.8) is 0 Å². The molecule has 0 fully saturated rings. The van der Waals surface area contributed by atoms with Gasteiger partial charge in [0.15, 0.2) is 0 Å². The summed E-state index contributed by atoms with van der Waals surface area (Å²) in [5, 5.41) is 4.90. The number of aromatic nitrogens is 1. The average molecular weight is 170 g/mol. The van der Waals surface area contributed by atoms with E-state index in [0.717, 1.165) is 12.2 Å². The summed E-state index contributed by atoms with van der Waals surface area (Å²) in [5.74, 6) is 0. The highest BCUT2D eigenvalue weighted by molar-refractivity contribution is 7.07. The van der Waals surface area contributed by atoms with Crippen molar-refractivity contribution in [2.45, 2.75) is 6.54 Å². The van der Waals surface area contributed by atoms with Crippen LogP contribution < -0.4 is 10.2 Å². The summed E-state index contributed by atoms with van der Waals surface area (Å²) in [4.78, 5) is 13.3. The molecule has 0 spiro atoms. The number of thiazole rings is 1. The van der Waals surface area contributed by atoms with Crippen LogP contribution in [0.5, 0.6) is 0 Å². The summed E-state index contributed by atoms with van der Waals surface area (Å²) < 4.78 is 0. The Balaban J connectivity index is 2.38. The van der Waals surface area contributed by atoms with Gasteiger partial charge in [0.25, 0.3) is 0 Å². The third-order valence-electron chi connectivity index (χ3n) is 1.17. The smallest absolute Gasteiger partial charge is 0.304 e. The van der Waals surface area contributed by atoms with Gasteiger partial charge in [-0.2, -0.15) is 0 Å². The number of hydrogen-bond acceptors (Lipinski definition) is 3. The molecular formula is C7H10N2OS. The van der Waals surface area contributed by atoms with Crippen LogP contribution in [0, 0.1) is 0 Å². The Labute approximate surface area is 68.8 Å². The summed E-state index contributed by atoms with van der Waals surface area (Å²) in [6, 6.07) is 0. The molecule has 0 bridgehead atoms. The SMILES string of the molecule is C=CCNCc1csc(=O)[nH]1. The summed E-state index contributed by atoms with van der Waals surface area (Å²) >= 11 is 1.19. The molecule has 0 radical (unpaired) electrons. The largest absolute Gasteiger partial charge is 0.315 e. The van der Waals surface area contributed by atoms with Crippen molar-refractivity contribution in [2.75, 3.05) is 6.54 Å². The Morgan fingerprint density at radius 3 is 3.18 bits per heavy atom. The van der Waals surface area contributed by atoms with Gasteiger partial charge in [0.1, 0.15) is 0 Å². The quantitative estimate of drug-likeness (QED) is 0.516. The van der Waals surface area contributed by atoms with E-state index < -0.39 is 0 Å². The maximum atomic E-state index is 10.6. The van der Waals surface area contributed by atoms with Gasteiger partial charge in [-0.25, -0.2) is 0 Å². The number of aromatic amines is 1. The molecule has 1 heterocycles. The molecule has 1 rings (SSSR count). The number of nitrogens with one attached hydrogen (secondary N) is 2. The topological polar surface area (TPSA) is 44.9 Å². The second-order valence-electron chi connectivity index (χ2n) is 2.09. The molecule has 60 valence electrons. The predicted molar refractivity (Wildman–Crippen MR) is 46.8 cm³/mol. The monoisotopic (exact) mass is 170 g/mol. The van der Waals surface area contributed by atoms with Crippen LogP contribution in [0.1, 0.15) is 5.69 Å². The minimum Gasteiger partial charge on any atom is -0.315 e. The van der Waals surface area contributed by atoms with Gasteiger partial charge in [0.2, 0.25) is 0 Å². The van der Waals surface area contributed by atoms with E-state index in [-0.39, 0.29) is 4.87 Å². The molecule has 1 aromatic rings. The minimum absolute atomic E-state index is 0.000373. The molecule has 0 saturated heterocycles. The van der Waals surface area contributed by atoms with E-state index in [9.17, 15) is 4.79 Å². The van der Waals surface area contributed by atoms with Crippen molar-refractivity contribution in [1.82, 2.24) is 10.3 Å². The van der Waals surface area contributed by atoms with Gasteiger partial charge in [-0.15, -0.1) is 6.58 Å². The summed E-state index contributed by atoms with van der Waals surface area (Å²) in [6.45, 7) is 5.03. The second-order valence-corrected chi connectivity index (χ2v) is 2.94. The fourth-order valence-corrected chi connectivity index (χ4v) is 1.29. The van der Waals surface area contributed by atoms with Crippen LogP contribution in [0.3, 0.4) is 0 Å². The summed E-state index contributed by atoms with van der Waals surface area (Å²) in [7, 11) is 0. The molecular weight excluding hydrogens is 160 g/mol. The average Bonchev–Trinajstić information content (AvgIpc) is 2.37. The van der Waals surface area contributed by atoms with Crippen molar-refractivity contribution in [1.29, 1.82) is 0 Å². The molecule has 0 aliphatic rings. The zero-order chi connectivity index (χ0) is 8.10. The summed E-state index contributed by atoms with van der Waals surface area (Å²) in [5.41, 5.74) is 0.932. The maximum Gasteiger partial charge on any atom is 0.304 e. The van der Waals surface area contributed by atoms with Crippen molar-refractivity contribution in [3.8, 4) is 0 Å². The third-order valence-corrected chi connectivity index (χ3v) is 1.89. The van der Waals surface area contributed by atoms with Gasteiger partial charge in [0.05, 0.1) is 0 Å². The van der Waals surface area contributed by atoms with Gasteiger partial charge in [-0.3, -0.25) is 4.79 Å². The fraction of sp³-hybridized carbons (Fsp3) is 0.286. The molecule has 4 heteroatoms. The molecule has 0 amide bonds. The second kappa shape index (κ2) is 4.10. The van der Waals surface area contributed by atoms with E-state index in [4.69, 9.17) is 0 Å². The fourth-order valence-electron chi connectivity index (χ4n) is 0.709. The van der Waals surface area contributed by atoms with Crippen LogP contribution >= 0.6 is 11.3 Å². The van der Waals surface area contributed by atoms with Crippen molar-refractivity contribution in [2.24, 2.45) is 0 Å². The van der Waals surface area contributed by atoms with Crippen LogP contribution in [0.2, 0.25) is 0 Å². The van der Waals surface area contributed by atoms with Gasteiger partial charge in [0, 0.05) is 24.2 Å². The molecule has 0 atom stereocenters. The lowest BCUT2D eigenvalue weighted by molar-refractivity contribution is 0.744. The number of rotatable bonds is 4.